The molecular weight excluding hydrogens is 372 g/mol. The summed E-state index contributed by atoms with van der Waals surface area (Å²) in [7, 11) is 0. The molecule has 0 radical (unpaired) electrons. The number of amides is 1. The maximum Gasteiger partial charge on any atom is 0.407 e. The number of carbonyl (C=O) groups excluding carboxylic acids is 1. The molecule has 0 aromatic heterocycles. The Morgan fingerprint density at radius 1 is 0.767 bits per heavy atom. The fraction of sp³-hybridized carbons (Fsp3) is 0.269. The number of hydrogen-bond acceptors (Lipinski definition) is 3. The van der Waals surface area contributed by atoms with E-state index in [9.17, 15) is 4.79 Å². The average molecular weight is 403 g/mol. The number of carbonyl (C=O) groups is 1. The SMILES string of the molecule is CC(C)(C)OC(=O)NC[C@@H](NC(c1ccccc1)c1ccccc1)c1ccccc1. The van der Waals surface area contributed by atoms with Gasteiger partial charge in [0, 0.05) is 6.54 Å². The van der Waals surface area contributed by atoms with Crippen LogP contribution in [0.15, 0.2) is 91.0 Å². The molecule has 0 saturated heterocycles. The molecular formula is C26H30N2O2. The van der Waals surface area contributed by atoms with Gasteiger partial charge in [-0.3, -0.25) is 5.32 Å². The molecule has 0 spiro atoms. The van der Waals surface area contributed by atoms with E-state index in [0.717, 1.165) is 5.56 Å². The van der Waals surface area contributed by atoms with E-state index in [1.807, 2.05) is 75.4 Å². The van der Waals surface area contributed by atoms with Crippen LogP contribution in [-0.2, 0) is 4.74 Å². The Kier molecular flexibility index (Phi) is 7.26. The quantitative estimate of drug-likeness (QED) is 0.538. The maximum absolute atomic E-state index is 12.3. The van der Waals surface area contributed by atoms with Crippen LogP contribution in [0.3, 0.4) is 0 Å². The number of benzene rings is 3. The lowest BCUT2D eigenvalue weighted by atomic mass is 9.96. The van der Waals surface area contributed by atoms with Crippen LogP contribution >= 0.6 is 0 Å². The van der Waals surface area contributed by atoms with Gasteiger partial charge in [0.15, 0.2) is 0 Å². The van der Waals surface area contributed by atoms with Crippen molar-refractivity contribution >= 4 is 6.09 Å². The third kappa shape index (κ3) is 6.46. The predicted octanol–water partition coefficient (Wildman–Crippen LogP) is 5.63. The molecule has 3 aromatic carbocycles. The summed E-state index contributed by atoms with van der Waals surface area (Å²) in [6.45, 7) is 6.00. The van der Waals surface area contributed by atoms with Crippen LogP contribution in [0.2, 0.25) is 0 Å². The molecule has 0 unspecified atom stereocenters. The van der Waals surface area contributed by atoms with Gasteiger partial charge in [0.2, 0.25) is 0 Å². The number of ether oxygens (including phenoxy) is 1. The third-order valence-corrected chi connectivity index (χ3v) is 4.69. The molecule has 0 heterocycles. The second kappa shape index (κ2) is 10.1. The Balaban J connectivity index is 1.85. The molecule has 0 aliphatic heterocycles. The highest BCUT2D eigenvalue weighted by Gasteiger charge is 2.22. The molecule has 0 bridgehead atoms. The van der Waals surface area contributed by atoms with Crippen LogP contribution in [0.1, 0.15) is 49.5 Å². The fourth-order valence-corrected chi connectivity index (χ4v) is 3.33. The van der Waals surface area contributed by atoms with Crippen LogP contribution < -0.4 is 10.6 Å². The summed E-state index contributed by atoms with van der Waals surface area (Å²) < 4.78 is 5.42. The van der Waals surface area contributed by atoms with Crippen molar-refractivity contribution in [3.05, 3.63) is 108 Å². The van der Waals surface area contributed by atoms with E-state index in [-0.39, 0.29) is 12.1 Å². The van der Waals surface area contributed by atoms with E-state index in [1.54, 1.807) is 0 Å². The van der Waals surface area contributed by atoms with Gasteiger partial charge in [0.25, 0.3) is 0 Å². The van der Waals surface area contributed by atoms with Gasteiger partial charge in [-0.15, -0.1) is 0 Å². The zero-order chi connectivity index (χ0) is 21.4. The smallest absolute Gasteiger partial charge is 0.407 e. The Bertz CT molecular complexity index is 867. The second-order valence-electron chi connectivity index (χ2n) is 8.27. The highest BCUT2D eigenvalue weighted by Crippen LogP contribution is 2.26. The first-order chi connectivity index (χ1) is 14.4. The van der Waals surface area contributed by atoms with Gasteiger partial charge in [-0.05, 0) is 37.5 Å². The van der Waals surface area contributed by atoms with Crippen molar-refractivity contribution in [3.8, 4) is 0 Å². The number of alkyl carbamates (subject to hydrolysis) is 1. The fourth-order valence-electron chi connectivity index (χ4n) is 3.33. The molecule has 3 rings (SSSR count). The first kappa shape index (κ1) is 21.6. The standard InChI is InChI=1S/C26H30N2O2/c1-26(2,3)30-25(29)27-19-23(20-13-7-4-8-14-20)28-24(21-15-9-5-10-16-21)22-17-11-6-12-18-22/h4-18,23-24,28H,19H2,1-3H3,(H,27,29)/t23-/m1/s1. The highest BCUT2D eigenvalue weighted by molar-refractivity contribution is 5.67. The lowest BCUT2D eigenvalue weighted by Crippen LogP contribution is -2.39. The highest BCUT2D eigenvalue weighted by atomic mass is 16.6. The zero-order valence-electron chi connectivity index (χ0n) is 17.8. The van der Waals surface area contributed by atoms with E-state index in [2.05, 4.69) is 47.0 Å². The van der Waals surface area contributed by atoms with Gasteiger partial charge in [-0.1, -0.05) is 91.0 Å². The first-order valence-electron chi connectivity index (χ1n) is 10.3. The average Bonchev–Trinajstić information content (AvgIpc) is 2.74. The molecule has 4 nitrogen and oxygen atoms in total. The minimum absolute atomic E-state index is 0.0157. The van der Waals surface area contributed by atoms with Crippen molar-refractivity contribution in [2.75, 3.05) is 6.54 Å². The van der Waals surface area contributed by atoms with E-state index in [0.29, 0.717) is 6.54 Å². The zero-order valence-corrected chi connectivity index (χ0v) is 17.8. The topological polar surface area (TPSA) is 50.4 Å². The molecule has 4 heteroatoms. The molecule has 0 aliphatic carbocycles. The summed E-state index contributed by atoms with van der Waals surface area (Å²) in [5, 5.41) is 6.67. The van der Waals surface area contributed by atoms with Gasteiger partial charge in [-0.2, -0.15) is 0 Å². The second-order valence-corrected chi connectivity index (χ2v) is 8.27. The van der Waals surface area contributed by atoms with Crippen molar-refractivity contribution in [3.63, 3.8) is 0 Å². The molecule has 156 valence electrons. The number of rotatable bonds is 7. The third-order valence-electron chi connectivity index (χ3n) is 4.69. The number of nitrogens with one attached hydrogen (secondary N) is 2. The van der Waals surface area contributed by atoms with Gasteiger partial charge in [0.1, 0.15) is 5.60 Å². The van der Waals surface area contributed by atoms with E-state index in [4.69, 9.17) is 4.74 Å². The van der Waals surface area contributed by atoms with Crippen molar-refractivity contribution < 1.29 is 9.53 Å². The van der Waals surface area contributed by atoms with Gasteiger partial charge < -0.3 is 10.1 Å². The van der Waals surface area contributed by atoms with Crippen LogP contribution in [-0.4, -0.2) is 18.2 Å². The summed E-state index contributed by atoms with van der Waals surface area (Å²) in [6, 6.07) is 30.7. The van der Waals surface area contributed by atoms with Crippen LogP contribution in [0, 0.1) is 0 Å². The number of hydrogen-bond donors (Lipinski definition) is 2. The van der Waals surface area contributed by atoms with Crippen LogP contribution in [0.4, 0.5) is 4.79 Å². The first-order valence-corrected chi connectivity index (χ1v) is 10.3. The minimum atomic E-state index is -0.531. The van der Waals surface area contributed by atoms with E-state index < -0.39 is 11.7 Å². The van der Waals surface area contributed by atoms with Crippen molar-refractivity contribution in [2.45, 2.75) is 38.5 Å². The monoisotopic (exact) mass is 402 g/mol. The molecule has 3 aromatic rings. The Hall–Kier alpha value is -3.11. The summed E-state index contributed by atoms with van der Waals surface area (Å²) in [5.74, 6) is 0. The van der Waals surface area contributed by atoms with E-state index in [1.165, 1.54) is 11.1 Å². The summed E-state index contributed by atoms with van der Waals surface area (Å²) in [6.07, 6.45) is -0.416. The molecule has 0 fully saturated rings. The summed E-state index contributed by atoms with van der Waals surface area (Å²) >= 11 is 0. The molecule has 30 heavy (non-hydrogen) atoms. The van der Waals surface area contributed by atoms with Crippen molar-refractivity contribution in [1.82, 2.24) is 10.6 Å². The summed E-state index contributed by atoms with van der Waals surface area (Å²) in [4.78, 5) is 12.3. The normalized spacial score (nSPS) is 12.4. The van der Waals surface area contributed by atoms with Gasteiger partial charge in [-0.25, -0.2) is 4.79 Å². The molecule has 0 aliphatic rings. The van der Waals surface area contributed by atoms with Gasteiger partial charge in [0.05, 0.1) is 12.1 Å². The maximum atomic E-state index is 12.3. The van der Waals surface area contributed by atoms with Crippen LogP contribution in [0.25, 0.3) is 0 Å². The minimum Gasteiger partial charge on any atom is -0.444 e. The summed E-state index contributed by atoms with van der Waals surface area (Å²) in [5.41, 5.74) is 2.91. The molecule has 1 amide bonds. The van der Waals surface area contributed by atoms with Gasteiger partial charge >= 0.3 is 6.09 Å². The lowest BCUT2D eigenvalue weighted by molar-refractivity contribution is 0.0522. The van der Waals surface area contributed by atoms with Crippen molar-refractivity contribution in [2.24, 2.45) is 0 Å². The predicted molar refractivity (Wildman–Crippen MR) is 121 cm³/mol. The lowest BCUT2D eigenvalue weighted by Gasteiger charge is -2.28. The largest absolute Gasteiger partial charge is 0.444 e. The van der Waals surface area contributed by atoms with Crippen LogP contribution in [0.5, 0.6) is 0 Å². The van der Waals surface area contributed by atoms with Crippen molar-refractivity contribution in [1.29, 1.82) is 0 Å². The Morgan fingerprint density at radius 3 is 1.63 bits per heavy atom. The Morgan fingerprint density at radius 2 is 1.20 bits per heavy atom. The molecule has 1 atom stereocenters. The molecule has 2 N–H and O–H groups in total. The molecule has 0 saturated carbocycles. The van der Waals surface area contributed by atoms with E-state index >= 15 is 0 Å². The Labute approximate surface area is 179 Å².